The van der Waals surface area contributed by atoms with Gasteiger partial charge in [0.05, 0.1) is 6.04 Å². The molecule has 10 nitrogen and oxygen atoms in total. The van der Waals surface area contributed by atoms with E-state index in [0.717, 1.165) is 32.0 Å². The predicted octanol–water partition coefficient (Wildman–Crippen LogP) is -0.268. The molecule has 5 fully saturated rings. The number of hydrogen-bond donors (Lipinski definition) is 2. The summed E-state index contributed by atoms with van der Waals surface area (Å²) >= 11 is 0. The van der Waals surface area contributed by atoms with Crippen molar-refractivity contribution in [2.75, 3.05) is 19.6 Å². The van der Waals surface area contributed by atoms with Gasteiger partial charge < -0.3 is 10.2 Å². The Morgan fingerprint density at radius 2 is 1.81 bits per heavy atom. The first-order chi connectivity index (χ1) is 12.7. The maximum absolute atomic E-state index is 12.7. The van der Waals surface area contributed by atoms with E-state index < -0.39 is 28.5 Å². The standard InChI is InChI=1S/C16H24N4O6S/c21-14(17-10-5-16(6-10)8-18(9-16)11-1-2-11)13-4-3-12-7-19(13)15(22)20(12)26-27(23,24)25/h10-13H,1-9H2,(H,17,21)(H,23,24,25). The lowest BCUT2D eigenvalue weighted by Crippen LogP contribution is -2.67. The third-order valence-corrected chi connectivity index (χ3v) is 6.99. The maximum atomic E-state index is 12.7. The summed E-state index contributed by atoms with van der Waals surface area (Å²) in [6, 6.07) is -0.837. The highest BCUT2D eigenvalue weighted by atomic mass is 32.3. The largest absolute Gasteiger partial charge is 0.418 e. The molecule has 0 aromatic heterocycles. The summed E-state index contributed by atoms with van der Waals surface area (Å²) in [5.41, 5.74) is 0.377. The first-order valence-electron chi connectivity index (χ1n) is 9.54. The predicted molar refractivity (Wildman–Crippen MR) is 91.6 cm³/mol. The van der Waals surface area contributed by atoms with Crippen LogP contribution in [0.5, 0.6) is 0 Å². The zero-order chi connectivity index (χ0) is 19.0. The lowest BCUT2D eigenvalue weighted by Gasteiger charge is -2.59. The summed E-state index contributed by atoms with van der Waals surface area (Å²) < 4.78 is 35.1. The molecule has 3 aliphatic heterocycles. The Bertz CT molecular complexity index is 770. The van der Waals surface area contributed by atoms with Crippen LogP contribution in [0.4, 0.5) is 4.79 Å². The summed E-state index contributed by atoms with van der Waals surface area (Å²) in [5.74, 6) is -0.186. The highest BCUT2D eigenvalue weighted by Crippen LogP contribution is 2.51. The normalized spacial score (nSPS) is 33.1. The van der Waals surface area contributed by atoms with Crippen LogP contribution in [0.3, 0.4) is 0 Å². The Morgan fingerprint density at radius 3 is 2.44 bits per heavy atom. The number of fused-ring (bicyclic) bond motifs is 2. The molecule has 0 aromatic carbocycles. The molecule has 2 aliphatic carbocycles. The number of amides is 3. The van der Waals surface area contributed by atoms with Gasteiger partial charge in [0.1, 0.15) is 6.04 Å². The van der Waals surface area contributed by atoms with Gasteiger partial charge in [0.25, 0.3) is 0 Å². The molecule has 150 valence electrons. The fraction of sp³-hybridized carbons (Fsp3) is 0.875. The first-order valence-corrected chi connectivity index (χ1v) is 10.9. The molecule has 2 atom stereocenters. The van der Waals surface area contributed by atoms with Gasteiger partial charge in [-0.25, -0.2) is 4.79 Å². The molecular formula is C16H24N4O6S. The molecule has 5 aliphatic rings. The number of piperidine rings is 1. The van der Waals surface area contributed by atoms with Gasteiger partial charge in [-0.2, -0.15) is 13.5 Å². The van der Waals surface area contributed by atoms with Crippen LogP contribution in [-0.2, 0) is 19.5 Å². The monoisotopic (exact) mass is 400 g/mol. The van der Waals surface area contributed by atoms with Crippen molar-refractivity contribution in [2.24, 2.45) is 5.41 Å². The second-order valence-corrected chi connectivity index (χ2v) is 9.76. The van der Waals surface area contributed by atoms with Crippen LogP contribution in [0.2, 0.25) is 0 Å². The van der Waals surface area contributed by atoms with Gasteiger partial charge in [-0.15, -0.1) is 4.28 Å². The van der Waals surface area contributed by atoms with Crippen molar-refractivity contribution in [2.45, 2.75) is 62.7 Å². The van der Waals surface area contributed by atoms with E-state index in [1.54, 1.807) is 0 Å². The van der Waals surface area contributed by atoms with Crippen LogP contribution in [0.25, 0.3) is 0 Å². The van der Waals surface area contributed by atoms with Gasteiger partial charge >= 0.3 is 16.4 Å². The minimum absolute atomic E-state index is 0.152. The van der Waals surface area contributed by atoms with E-state index in [1.807, 2.05) is 0 Å². The molecule has 5 rings (SSSR count). The summed E-state index contributed by atoms with van der Waals surface area (Å²) in [6.45, 7) is 2.50. The van der Waals surface area contributed by atoms with Crippen molar-refractivity contribution in [3.63, 3.8) is 0 Å². The zero-order valence-electron chi connectivity index (χ0n) is 14.9. The van der Waals surface area contributed by atoms with E-state index in [-0.39, 0.29) is 18.5 Å². The van der Waals surface area contributed by atoms with E-state index >= 15 is 0 Å². The Hall–Kier alpha value is -1.43. The number of likely N-dealkylation sites (tertiary alicyclic amines) is 1. The first kappa shape index (κ1) is 17.7. The molecule has 27 heavy (non-hydrogen) atoms. The van der Waals surface area contributed by atoms with E-state index in [0.29, 0.717) is 23.3 Å². The minimum atomic E-state index is -4.77. The summed E-state index contributed by atoms with van der Waals surface area (Å²) in [6.07, 6.45) is 5.51. The number of urea groups is 1. The quantitative estimate of drug-likeness (QED) is 0.610. The number of hydroxylamine groups is 2. The Labute approximate surface area is 157 Å². The van der Waals surface area contributed by atoms with Crippen molar-refractivity contribution in [3.05, 3.63) is 0 Å². The van der Waals surface area contributed by atoms with E-state index in [4.69, 9.17) is 4.55 Å². The maximum Gasteiger partial charge on any atom is 0.418 e. The summed E-state index contributed by atoms with van der Waals surface area (Å²) in [7, 11) is -4.77. The van der Waals surface area contributed by atoms with Crippen molar-refractivity contribution in [1.29, 1.82) is 0 Å². The van der Waals surface area contributed by atoms with Crippen LogP contribution in [0, 0.1) is 5.41 Å². The molecule has 0 aromatic rings. The summed E-state index contributed by atoms with van der Waals surface area (Å²) in [4.78, 5) is 28.9. The molecule has 2 bridgehead atoms. The third kappa shape index (κ3) is 3.10. The Balaban J connectivity index is 1.15. The summed E-state index contributed by atoms with van der Waals surface area (Å²) in [5, 5.41) is 3.73. The third-order valence-electron chi connectivity index (χ3n) is 6.65. The lowest BCUT2D eigenvalue weighted by molar-refractivity contribution is -0.132. The fourth-order valence-electron chi connectivity index (χ4n) is 5.26. The van der Waals surface area contributed by atoms with Crippen molar-refractivity contribution in [1.82, 2.24) is 20.2 Å². The van der Waals surface area contributed by atoms with Crippen molar-refractivity contribution >= 4 is 22.3 Å². The van der Waals surface area contributed by atoms with Crippen LogP contribution in [0.15, 0.2) is 0 Å². The Morgan fingerprint density at radius 1 is 1.15 bits per heavy atom. The number of carbonyl (C=O) groups is 2. The van der Waals surface area contributed by atoms with E-state index in [1.165, 1.54) is 17.7 Å². The van der Waals surface area contributed by atoms with Gasteiger partial charge in [0.15, 0.2) is 0 Å². The molecule has 2 unspecified atom stereocenters. The fourth-order valence-corrected chi connectivity index (χ4v) is 5.65. The molecule has 2 N–H and O–H groups in total. The van der Waals surface area contributed by atoms with Crippen LogP contribution in [-0.4, -0.2) is 83.6 Å². The van der Waals surface area contributed by atoms with Gasteiger partial charge in [-0.1, -0.05) is 0 Å². The minimum Gasteiger partial charge on any atom is -0.352 e. The van der Waals surface area contributed by atoms with Crippen molar-refractivity contribution in [3.8, 4) is 0 Å². The van der Waals surface area contributed by atoms with Gasteiger partial charge in [-0.3, -0.25) is 14.2 Å². The second kappa shape index (κ2) is 5.79. The highest BCUT2D eigenvalue weighted by molar-refractivity contribution is 7.80. The van der Waals surface area contributed by atoms with E-state index in [2.05, 4.69) is 14.5 Å². The van der Waals surface area contributed by atoms with Crippen LogP contribution < -0.4 is 5.32 Å². The molecule has 2 saturated carbocycles. The zero-order valence-corrected chi connectivity index (χ0v) is 15.7. The van der Waals surface area contributed by atoms with Gasteiger partial charge in [0.2, 0.25) is 5.91 Å². The van der Waals surface area contributed by atoms with Crippen LogP contribution >= 0.6 is 0 Å². The number of nitrogens with zero attached hydrogens (tertiary/aromatic N) is 3. The Kier molecular flexibility index (Phi) is 3.78. The molecule has 3 amide bonds. The topological polar surface area (TPSA) is 119 Å². The number of hydrogen-bond acceptors (Lipinski definition) is 6. The number of nitrogens with one attached hydrogen (secondary N) is 1. The second-order valence-electron chi connectivity index (χ2n) is 8.76. The molecule has 3 heterocycles. The molecule has 11 heteroatoms. The van der Waals surface area contributed by atoms with E-state index in [9.17, 15) is 18.0 Å². The van der Waals surface area contributed by atoms with Crippen LogP contribution in [0.1, 0.15) is 38.5 Å². The highest BCUT2D eigenvalue weighted by Gasteiger charge is 2.56. The molecule has 0 radical (unpaired) electrons. The molecular weight excluding hydrogens is 376 g/mol. The van der Waals surface area contributed by atoms with Crippen molar-refractivity contribution < 1.29 is 26.8 Å². The average Bonchev–Trinajstić information content (AvgIpc) is 3.32. The molecule has 1 spiro atoms. The number of rotatable bonds is 5. The van der Waals surface area contributed by atoms with Gasteiger partial charge in [-0.05, 0) is 43.9 Å². The molecule has 3 saturated heterocycles. The SMILES string of the molecule is O=C(NC1CC2(C1)CN(C1CC1)C2)C1CCC2CN1C(=O)N2OS(=O)(=O)O. The lowest BCUT2D eigenvalue weighted by atomic mass is 9.60. The average molecular weight is 400 g/mol. The number of carbonyl (C=O) groups excluding carboxylic acids is 2. The smallest absolute Gasteiger partial charge is 0.352 e. The van der Waals surface area contributed by atoms with Gasteiger partial charge in [0, 0.05) is 31.7 Å².